The Balaban J connectivity index is 1.11. The van der Waals surface area contributed by atoms with E-state index >= 15 is 0 Å². The largest absolute Gasteiger partial charge is 0.462 e. The van der Waals surface area contributed by atoms with Gasteiger partial charge in [0.25, 0.3) is 0 Å². The Morgan fingerprint density at radius 2 is 1.90 bits per heavy atom. The molecule has 3 saturated heterocycles. The SMILES string of the molecule is C[C@@H]1CCC[C@]2(C)C[C@H]3OC(=O)[C@@H](C[NH+]4CCC(Cc5ccccc5)CC4)[C@H]3[C@@H]3O[C@@]132. The molecular weight excluding hydrogens is 386 g/mol. The minimum absolute atomic E-state index is 0.0245. The molecule has 0 radical (unpaired) electrons. The molecule has 4 nitrogen and oxygen atoms in total. The van der Waals surface area contributed by atoms with Crippen molar-refractivity contribution in [3.05, 3.63) is 35.9 Å². The maximum absolute atomic E-state index is 13.0. The number of nitrogens with one attached hydrogen (secondary N) is 1. The highest BCUT2D eigenvalue weighted by Gasteiger charge is 2.78. The van der Waals surface area contributed by atoms with E-state index in [1.807, 2.05) is 0 Å². The van der Waals surface area contributed by atoms with Crippen molar-refractivity contribution in [2.24, 2.45) is 29.1 Å². The number of likely N-dealkylation sites (tertiary alicyclic amines) is 1. The molecule has 5 fully saturated rings. The fraction of sp³-hybridized carbons (Fsp3) is 0.741. The fourth-order valence-corrected chi connectivity index (χ4v) is 8.22. The summed E-state index contributed by atoms with van der Waals surface area (Å²) < 4.78 is 12.6. The normalized spacial score (nSPS) is 48.3. The van der Waals surface area contributed by atoms with E-state index in [-0.39, 0.29) is 41.0 Å². The van der Waals surface area contributed by atoms with Gasteiger partial charge in [-0.1, -0.05) is 50.6 Å². The molecule has 0 amide bonds. The van der Waals surface area contributed by atoms with Gasteiger partial charge in [-0.2, -0.15) is 0 Å². The first kappa shape index (κ1) is 20.2. The van der Waals surface area contributed by atoms with Crippen LogP contribution in [0, 0.1) is 29.1 Å². The Morgan fingerprint density at radius 3 is 2.68 bits per heavy atom. The molecule has 2 aliphatic carbocycles. The molecule has 3 heterocycles. The predicted octanol–water partition coefficient (Wildman–Crippen LogP) is 3.05. The minimum Gasteiger partial charge on any atom is -0.462 e. The van der Waals surface area contributed by atoms with Crippen molar-refractivity contribution in [3.8, 4) is 0 Å². The van der Waals surface area contributed by atoms with E-state index in [1.54, 1.807) is 4.90 Å². The van der Waals surface area contributed by atoms with Gasteiger partial charge in [-0.25, -0.2) is 0 Å². The summed E-state index contributed by atoms with van der Waals surface area (Å²) in [7, 11) is 0. The Morgan fingerprint density at radius 1 is 1.13 bits per heavy atom. The van der Waals surface area contributed by atoms with Crippen molar-refractivity contribution >= 4 is 5.97 Å². The molecule has 31 heavy (non-hydrogen) atoms. The standard InChI is InChI=1S/C27H37NO3/c1-18-7-6-12-26(2)16-22-23(24-27(18,26)31-24)21(25(29)30-22)17-28-13-10-20(11-14-28)15-19-8-4-3-5-9-19/h3-5,8-9,18,20-24H,6-7,10-17H2,1-2H3/p+1/t18-,21+,22-,23-,24+,26-,27+/m1/s1. The average molecular weight is 425 g/mol. The number of ether oxygens (including phenoxy) is 2. The molecule has 2 saturated carbocycles. The van der Waals surface area contributed by atoms with Gasteiger partial charge in [0.15, 0.2) is 0 Å². The Labute approximate surface area is 186 Å². The lowest BCUT2D eigenvalue weighted by molar-refractivity contribution is -0.908. The number of benzene rings is 1. The van der Waals surface area contributed by atoms with Crippen LogP contribution >= 0.6 is 0 Å². The molecule has 0 bridgehead atoms. The van der Waals surface area contributed by atoms with Crippen LogP contribution in [0.5, 0.6) is 0 Å². The van der Waals surface area contributed by atoms with Crippen molar-refractivity contribution < 1.29 is 19.2 Å². The number of quaternary nitrogens is 1. The van der Waals surface area contributed by atoms with Crippen LogP contribution in [-0.2, 0) is 20.7 Å². The van der Waals surface area contributed by atoms with Crippen LogP contribution in [0.4, 0.5) is 0 Å². The topological polar surface area (TPSA) is 43.3 Å². The zero-order valence-electron chi connectivity index (χ0n) is 19.1. The molecule has 1 N–H and O–H groups in total. The third kappa shape index (κ3) is 3.12. The molecule has 168 valence electrons. The molecule has 4 heteroatoms. The van der Waals surface area contributed by atoms with E-state index in [1.165, 1.54) is 57.2 Å². The minimum atomic E-state index is 0.0245. The summed E-state index contributed by atoms with van der Waals surface area (Å²) in [4.78, 5) is 14.6. The van der Waals surface area contributed by atoms with Crippen LogP contribution in [0.15, 0.2) is 30.3 Å². The van der Waals surface area contributed by atoms with Crippen LogP contribution in [0.3, 0.4) is 0 Å². The number of carbonyl (C=O) groups is 1. The summed E-state index contributed by atoms with van der Waals surface area (Å²) >= 11 is 0. The van der Waals surface area contributed by atoms with Crippen molar-refractivity contribution in [3.63, 3.8) is 0 Å². The summed E-state index contributed by atoms with van der Waals surface area (Å²) in [6.07, 6.45) is 8.84. The summed E-state index contributed by atoms with van der Waals surface area (Å²) in [6.45, 7) is 8.10. The lowest BCUT2D eigenvalue weighted by atomic mass is 9.53. The lowest BCUT2D eigenvalue weighted by Gasteiger charge is -2.48. The van der Waals surface area contributed by atoms with Crippen LogP contribution in [0.1, 0.15) is 57.9 Å². The highest BCUT2D eigenvalue weighted by Crippen LogP contribution is 2.70. The molecule has 1 spiro atoms. The number of epoxide rings is 1. The van der Waals surface area contributed by atoms with Crippen LogP contribution in [-0.4, -0.2) is 43.4 Å². The first-order chi connectivity index (χ1) is 15.0. The third-order valence-electron chi connectivity index (χ3n) is 9.88. The maximum Gasteiger partial charge on any atom is 0.315 e. The van der Waals surface area contributed by atoms with Crippen molar-refractivity contribution in [2.75, 3.05) is 19.6 Å². The number of hydrogen-bond acceptors (Lipinski definition) is 3. The molecule has 0 unspecified atom stereocenters. The predicted molar refractivity (Wildman–Crippen MR) is 119 cm³/mol. The van der Waals surface area contributed by atoms with E-state index in [0.29, 0.717) is 5.92 Å². The zero-order valence-corrected chi connectivity index (χ0v) is 19.1. The van der Waals surface area contributed by atoms with Gasteiger partial charge in [-0.3, -0.25) is 4.79 Å². The third-order valence-corrected chi connectivity index (χ3v) is 9.88. The van der Waals surface area contributed by atoms with E-state index in [0.717, 1.165) is 18.9 Å². The van der Waals surface area contributed by atoms with E-state index in [4.69, 9.17) is 9.47 Å². The van der Waals surface area contributed by atoms with Crippen LogP contribution in [0.25, 0.3) is 0 Å². The van der Waals surface area contributed by atoms with Crippen molar-refractivity contribution in [1.29, 1.82) is 0 Å². The molecule has 5 aliphatic rings. The van der Waals surface area contributed by atoms with E-state index in [2.05, 4.69) is 44.2 Å². The summed E-state index contributed by atoms with van der Waals surface area (Å²) in [5, 5.41) is 0. The average Bonchev–Trinajstić information content (AvgIpc) is 3.45. The number of esters is 1. The van der Waals surface area contributed by atoms with Crippen molar-refractivity contribution in [1.82, 2.24) is 0 Å². The van der Waals surface area contributed by atoms with Gasteiger partial charge in [-0.15, -0.1) is 0 Å². The lowest BCUT2D eigenvalue weighted by Crippen LogP contribution is -3.14. The first-order valence-electron chi connectivity index (χ1n) is 12.8. The zero-order chi connectivity index (χ0) is 21.2. The van der Waals surface area contributed by atoms with Gasteiger partial charge < -0.3 is 14.4 Å². The molecule has 0 aromatic heterocycles. The fourth-order valence-electron chi connectivity index (χ4n) is 8.22. The van der Waals surface area contributed by atoms with E-state index in [9.17, 15) is 4.79 Å². The smallest absolute Gasteiger partial charge is 0.315 e. The Hall–Kier alpha value is -1.39. The number of hydrogen-bond donors (Lipinski definition) is 1. The highest BCUT2D eigenvalue weighted by molar-refractivity contribution is 5.76. The van der Waals surface area contributed by atoms with Crippen molar-refractivity contribution in [2.45, 2.75) is 76.6 Å². The molecule has 1 aromatic rings. The van der Waals surface area contributed by atoms with Gasteiger partial charge in [0.1, 0.15) is 17.6 Å². The second kappa shape index (κ2) is 7.31. The van der Waals surface area contributed by atoms with Crippen LogP contribution < -0.4 is 4.90 Å². The van der Waals surface area contributed by atoms with Crippen LogP contribution in [0.2, 0.25) is 0 Å². The number of piperidine rings is 1. The number of fused-ring (bicyclic) bond motifs is 2. The van der Waals surface area contributed by atoms with Gasteiger partial charge in [0.05, 0.1) is 25.7 Å². The highest BCUT2D eigenvalue weighted by atomic mass is 16.6. The molecule has 1 aromatic carbocycles. The van der Waals surface area contributed by atoms with Gasteiger partial charge in [-0.05, 0) is 55.9 Å². The monoisotopic (exact) mass is 424 g/mol. The number of carbonyl (C=O) groups excluding carboxylic acids is 1. The van der Waals surface area contributed by atoms with Gasteiger partial charge in [0.2, 0.25) is 0 Å². The first-order valence-corrected chi connectivity index (χ1v) is 12.8. The second-order valence-electron chi connectivity index (χ2n) is 11.6. The van der Waals surface area contributed by atoms with Gasteiger partial charge in [0, 0.05) is 11.3 Å². The second-order valence-corrected chi connectivity index (χ2v) is 11.6. The molecule has 6 rings (SSSR count). The number of rotatable bonds is 4. The summed E-state index contributed by atoms with van der Waals surface area (Å²) in [5.41, 5.74) is 1.67. The van der Waals surface area contributed by atoms with Gasteiger partial charge >= 0.3 is 5.97 Å². The Kier molecular flexibility index (Phi) is 4.77. The summed E-state index contributed by atoms with van der Waals surface area (Å²) in [6, 6.07) is 10.9. The quantitative estimate of drug-likeness (QED) is 0.597. The molecular formula is C27H38NO3+. The molecule has 3 aliphatic heterocycles. The van der Waals surface area contributed by atoms with E-state index < -0.39 is 0 Å². The maximum atomic E-state index is 13.0. The molecule has 7 atom stereocenters. The Bertz CT molecular complexity index is 834. The summed E-state index contributed by atoms with van der Waals surface area (Å²) in [5.74, 6) is 1.77.